The van der Waals surface area contributed by atoms with Gasteiger partial charge in [-0.2, -0.15) is 13.2 Å². The van der Waals surface area contributed by atoms with Crippen LogP contribution in [-0.2, 0) is 22.3 Å². The smallest absolute Gasteiger partial charge is 0.383 e. The van der Waals surface area contributed by atoms with Crippen LogP contribution in [0, 0.1) is 6.92 Å². The van der Waals surface area contributed by atoms with Gasteiger partial charge >= 0.3 is 18.0 Å². The minimum Gasteiger partial charge on any atom is -0.383 e. The van der Waals surface area contributed by atoms with Crippen LogP contribution >= 0.6 is 0 Å². The molecular weight excluding hydrogens is 425 g/mol. The lowest BCUT2D eigenvalue weighted by atomic mass is 9.86. The summed E-state index contributed by atoms with van der Waals surface area (Å²) in [6.45, 7) is 1.24. The fourth-order valence-electron chi connectivity index (χ4n) is 3.05. The van der Waals surface area contributed by atoms with E-state index in [2.05, 4.69) is 15.3 Å². The molecule has 0 unspecified atom stereocenters. The number of nitrogens with two attached hydrogens (primary N) is 1. The van der Waals surface area contributed by atoms with Crippen molar-refractivity contribution in [2.45, 2.75) is 44.5 Å². The van der Waals surface area contributed by atoms with Gasteiger partial charge in [0.25, 0.3) is 5.92 Å². The molecule has 3 rings (SSSR count). The largest absolute Gasteiger partial charge is 0.417 e. The number of pyridine rings is 2. The number of aromatic nitrogens is 2. The van der Waals surface area contributed by atoms with Gasteiger partial charge in [0.05, 0.1) is 29.7 Å². The number of nitrogen functional groups attached to an aromatic ring is 1. The normalized spacial score (nSPS) is 15.8. The topological polar surface area (TPSA) is 101 Å². The highest BCUT2D eigenvalue weighted by Gasteiger charge is 2.50. The quantitative estimate of drug-likeness (QED) is 0.559. The van der Waals surface area contributed by atoms with Crippen LogP contribution in [0.25, 0.3) is 0 Å². The van der Waals surface area contributed by atoms with Crippen molar-refractivity contribution in [2.75, 3.05) is 11.1 Å². The molecule has 0 spiro atoms. The molecule has 166 valence electrons. The maximum Gasteiger partial charge on any atom is 0.417 e. The van der Waals surface area contributed by atoms with E-state index in [1.807, 2.05) is 0 Å². The van der Waals surface area contributed by atoms with Gasteiger partial charge in [0.1, 0.15) is 5.82 Å². The summed E-state index contributed by atoms with van der Waals surface area (Å²) in [5, 5.41) is 2.32. The van der Waals surface area contributed by atoms with Crippen molar-refractivity contribution in [3.63, 3.8) is 0 Å². The van der Waals surface area contributed by atoms with Crippen LogP contribution in [0.4, 0.5) is 33.5 Å². The predicted octanol–water partition coefficient (Wildman–Crippen LogP) is 3.15. The highest BCUT2D eigenvalue weighted by Crippen LogP contribution is 2.41. The molecule has 1 saturated carbocycles. The third-order valence-electron chi connectivity index (χ3n) is 4.83. The number of nitrogens with zero attached hydrogens (tertiary/aromatic N) is 3. The van der Waals surface area contributed by atoms with Crippen LogP contribution in [-0.4, -0.2) is 38.6 Å². The van der Waals surface area contributed by atoms with Gasteiger partial charge in [0, 0.05) is 25.1 Å². The lowest BCUT2D eigenvalue weighted by molar-refractivity contribution is -0.159. The minimum atomic E-state index is -4.60. The molecule has 2 aromatic heterocycles. The van der Waals surface area contributed by atoms with Gasteiger partial charge in [-0.15, -0.1) is 0 Å². The number of hydrogen-bond donors (Lipinski definition) is 2. The zero-order valence-corrected chi connectivity index (χ0v) is 16.2. The average Bonchev–Trinajstić information content (AvgIpc) is 2.66. The lowest BCUT2D eigenvalue weighted by Crippen LogP contribution is -2.55. The third-order valence-corrected chi connectivity index (χ3v) is 4.83. The van der Waals surface area contributed by atoms with Crippen molar-refractivity contribution in [3.8, 4) is 0 Å². The van der Waals surface area contributed by atoms with Gasteiger partial charge in [-0.3, -0.25) is 14.6 Å². The Morgan fingerprint density at radius 3 is 2.42 bits per heavy atom. The maximum absolute atomic E-state index is 13.4. The number of anilines is 2. The van der Waals surface area contributed by atoms with Crippen molar-refractivity contribution >= 4 is 23.3 Å². The molecule has 1 fully saturated rings. The molecule has 0 atom stereocenters. The highest BCUT2D eigenvalue weighted by molar-refractivity contribution is 6.39. The fourth-order valence-corrected chi connectivity index (χ4v) is 3.05. The van der Waals surface area contributed by atoms with Gasteiger partial charge in [-0.1, -0.05) is 0 Å². The van der Waals surface area contributed by atoms with Crippen molar-refractivity contribution in [1.29, 1.82) is 0 Å². The number of amides is 2. The summed E-state index contributed by atoms with van der Waals surface area (Å²) in [5.41, 5.74) is 5.35. The molecule has 0 aliphatic heterocycles. The van der Waals surface area contributed by atoms with E-state index in [4.69, 9.17) is 5.73 Å². The van der Waals surface area contributed by atoms with Gasteiger partial charge in [-0.05, 0) is 30.7 Å². The Kier molecular flexibility index (Phi) is 5.83. The van der Waals surface area contributed by atoms with Gasteiger partial charge in [0.15, 0.2) is 0 Å². The molecule has 2 heterocycles. The fraction of sp³-hybridized carbons (Fsp3) is 0.368. The second kappa shape index (κ2) is 8.08. The molecule has 0 saturated heterocycles. The molecule has 2 amide bonds. The first-order valence-electron chi connectivity index (χ1n) is 9.10. The standard InChI is InChI=1S/C19H18F5N5O2/c1-10-4-13(8-27-15(10)25)28-16(30)17(31)29(14-5-18(20,21)6-14)9-12-3-2-11(7-26-12)19(22,23)24/h2-4,7-8,14H,5-6,9H2,1H3,(H2,25,27)(H,28,30). The van der Waals surface area contributed by atoms with E-state index in [1.165, 1.54) is 12.3 Å². The van der Waals surface area contributed by atoms with E-state index in [1.54, 1.807) is 6.92 Å². The molecule has 1 aliphatic rings. The number of nitrogens with one attached hydrogen (secondary N) is 1. The number of aryl methyl sites for hydroxylation is 1. The van der Waals surface area contributed by atoms with Crippen molar-refractivity contribution in [2.24, 2.45) is 0 Å². The van der Waals surface area contributed by atoms with Crippen LogP contribution in [0.2, 0.25) is 0 Å². The second-order valence-corrected chi connectivity index (χ2v) is 7.27. The van der Waals surface area contributed by atoms with Crippen LogP contribution < -0.4 is 11.1 Å². The number of carbonyl (C=O) groups excluding carboxylic acids is 2. The summed E-state index contributed by atoms with van der Waals surface area (Å²) >= 11 is 0. The van der Waals surface area contributed by atoms with E-state index in [0.717, 1.165) is 17.0 Å². The number of halogens is 5. The van der Waals surface area contributed by atoms with E-state index < -0.39 is 54.9 Å². The molecule has 1 aliphatic carbocycles. The van der Waals surface area contributed by atoms with Crippen LogP contribution in [0.1, 0.15) is 29.7 Å². The van der Waals surface area contributed by atoms with Crippen LogP contribution in [0.5, 0.6) is 0 Å². The van der Waals surface area contributed by atoms with Gasteiger partial charge < -0.3 is 16.0 Å². The Morgan fingerprint density at radius 1 is 1.23 bits per heavy atom. The van der Waals surface area contributed by atoms with Gasteiger partial charge in [0.2, 0.25) is 0 Å². The third kappa shape index (κ3) is 5.25. The molecular formula is C19H18F5N5O2. The molecule has 31 heavy (non-hydrogen) atoms. The Morgan fingerprint density at radius 2 is 1.90 bits per heavy atom. The number of hydrogen-bond acceptors (Lipinski definition) is 5. The lowest BCUT2D eigenvalue weighted by Gasteiger charge is -2.42. The van der Waals surface area contributed by atoms with Gasteiger partial charge in [-0.25, -0.2) is 13.8 Å². The minimum absolute atomic E-state index is 0.0226. The Balaban J connectivity index is 1.77. The van der Waals surface area contributed by atoms with Crippen LogP contribution in [0.15, 0.2) is 30.6 Å². The van der Waals surface area contributed by atoms with E-state index in [-0.39, 0.29) is 17.2 Å². The highest BCUT2D eigenvalue weighted by atomic mass is 19.4. The summed E-state index contributed by atoms with van der Waals surface area (Å²) in [6, 6.07) is 2.32. The van der Waals surface area contributed by atoms with Crippen LogP contribution in [0.3, 0.4) is 0 Å². The number of rotatable bonds is 4. The van der Waals surface area contributed by atoms with Crippen molar-refractivity contribution in [3.05, 3.63) is 47.4 Å². The molecule has 3 N–H and O–H groups in total. The van der Waals surface area contributed by atoms with Crippen molar-refractivity contribution < 1.29 is 31.5 Å². The van der Waals surface area contributed by atoms with E-state index >= 15 is 0 Å². The molecule has 2 aromatic rings. The molecule has 0 aromatic carbocycles. The molecule has 0 bridgehead atoms. The molecule has 0 radical (unpaired) electrons. The summed E-state index contributed by atoms with van der Waals surface area (Å²) in [4.78, 5) is 33.5. The maximum atomic E-state index is 13.4. The monoisotopic (exact) mass is 443 g/mol. The summed E-state index contributed by atoms with van der Waals surface area (Å²) < 4.78 is 64.8. The molecule has 12 heteroatoms. The number of alkyl halides is 5. The predicted molar refractivity (Wildman–Crippen MR) is 99.8 cm³/mol. The Hall–Kier alpha value is -3.31. The van der Waals surface area contributed by atoms with E-state index in [0.29, 0.717) is 11.8 Å². The average molecular weight is 443 g/mol. The van der Waals surface area contributed by atoms with E-state index in [9.17, 15) is 31.5 Å². The SMILES string of the molecule is Cc1cc(NC(=O)C(=O)N(Cc2ccc(C(F)(F)F)cn2)C2CC(F)(F)C2)cnc1N. The summed E-state index contributed by atoms with van der Waals surface area (Å²) in [6.07, 6.45) is -4.10. The zero-order valence-electron chi connectivity index (χ0n) is 16.2. The second-order valence-electron chi connectivity index (χ2n) is 7.27. The first kappa shape index (κ1) is 22.4. The first-order chi connectivity index (χ1) is 14.4. The number of carbonyl (C=O) groups is 2. The Labute approximate surface area is 173 Å². The molecule has 7 nitrogen and oxygen atoms in total. The Bertz CT molecular complexity index is 986. The summed E-state index contributed by atoms with van der Waals surface area (Å²) in [7, 11) is 0. The first-order valence-corrected chi connectivity index (χ1v) is 9.10. The van der Waals surface area contributed by atoms with Crippen molar-refractivity contribution in [1.82, 2.24) is 14.9 Å². The zero-order chi connectivity index (χ0) is 23.0. The summed E-state index contributed by atoms with van der Waals surface area (Å²) in [5.74, 6) is -4.97.